The first kappa shape index (κ1) is 13.3. The summed E-state index contributed by atoms with van der Waals surface area (Å²) in [6.07, 6.45) is 1.53. The van der Waals surface area contributed by atoms with Crippen molar-refractivity contribution in [3.8, 4) is 0 Å². The zero-order valence-corrected chi connectivity index (χ0v) is 10.7. The standard InChI is InChI=1S/C13H11ClN2O3/c1-2-6-15-10(17)7-16-9-5-3-4-8(14)11(9)12(18)13(16)19/h2-5H,1,6-7H2,(H,15,17). The molecule has 0 saturated carbocycles. The van der Waals surface area contributed by atoms with Crippen molar-refractivity contribution in [1.82, 2.24) is 5.32 Å². The lowest BCUT2D eigenvalue weighted by Gasteiger charge is -2.15. The Morgan fingerprint density at radius 3 is 2.84 bits per heavy atom. The first-order valence-corrected chi connectivity index (χ1v) is 5.96. The molecule has 1 aliphatic heterocycles. The van der Waals surface area contributed by atoms with Crippen LogP contribution in [0.1, 0.15) is 10.4 Å². The minimum absolute atomic E-state index is 0.158. The summed E-state index contributed by atoms with van der Waals surface area (Å²) < 4.78 is 0. The maximum Gasteiger partial charge on any atom is 0.300 e. The van der Waals surface area contributed by atoms with Crippen LogP contribution >= 0.6 is 11.6 Å². The van der Waals surface area contributed by atoms with Crippen LogP contribution < -0.4 is 10.2 Å². The average Bonchev–Trinajstić information content (AvgIpc) is 2.63. The number of Topliss-reactive ketones (excluding diaryl/α,β-unsaturated/α-hetero) is 1. The van der Waals surface area contributed by atoms with Crippen LogP contribution in [0.2, 0.25) is 5.02 Å². The van der Waals surface area contributed by atoms with Crippen molar-refractivity contribution >= 4 is 34.9 Å². The van der Waals surface area contributed by atoms with E-state index in [0.717, 1.165) is 4.90 Å². The van der Waals surface area contributed by atoms with Crippen LogP contribution in [-0.2, 0) is 9.59 Å². The molecule has 5 nitrogen and oxygen atoms in total. The van der Waals surface area contributed by atoms with Gasteiger partial charge in [0.1, 0.15) is 6.54 Å². The maximum absolute atomic E-state index is 11.8. The van der Waals surface area contributed by atoms with Crippen LogP contribution in [0, 0.1) is 0 Å². The third-order valence-corrected chi connectivity index (χ3v) is 3.01. The minimum atomic E-state index is -0.739. The monoisotopic (exact) mass is 278 g/mol. The van der Waals surface area contributed by atoms with Crippen molar-refractivity contribution in [2.45, 2.75) is 0 Å². The molecule has 1 N–H and O–H groups in total. The lowest BCUT2D eigenvalue weighted by molar-refractivity contribution is -0.122. The van der Waals surface area contributed by atoms with Crippen molar-refractivity contribution < 1.29 is 14.4 Å². The lowest BCUT2D eigenvalue weighted by Crippen LogP contribution is -2.40. The third kappa shape index (κ3) is 2.37. The predicted octanol–water partition coefficient (Wildman–Crippen LogP) is 1.17. The molecule has 0 fully saturated rings. The van der Waals surface area contributed by atoms with Crippen molar-refractivity contribution in [2.24, 2.45) is 0 Å². The van der Waals surface area contributed by atoms with Crippen LogP contribution in [-0.4, -0.2) is 30.7 Å². The zero-order chi connectivity index (χ0) is 14.0. The predicted molar refractivity (Wildman–Crippen MR) is 71.3 cm³/mol. The second kappa shape index (κ2) is 5.24. The molecular weight excluding hydrogens is 268 g/mol. The number of hydrogen-bond donors (Lipinski definition) is 1. The molecule has 0 aromatic heterocycles. The number of nitrogens with one attached hydrogen (secondary N) is 1. The van der Waals surface area contributed by atoms with Gasteiger partial charge in [-0.2, -0.15) is 0 Å². The highest BCUT2D eigenvalue weighted by molar-refractivity contribution is 6.55. The number of anilines is 1. The van der Waals surface area contributed by atoms with E-state index in [1.807, 2.05) is 0 Å². The molecule has 0 atom stereocenters. The van der Waals surface area contributed by atoms with Crippen molar-refractivity contribution in [3.63, 3.8) is 0 Å². The van der Waals surface area contributed by atoms with Crippen molar-refractivity contribution in [1.29, 1.82) is 0 Å². The second-order valence-corrected chi connectivity index (χ2v) is 4.35. The van der Waals surface area contributed by atoms with Gasteiger partial charge in [-0.1, -0.05) is 23.7 Å². The fourth-order valence-electron chi connectivity index (χ4n) is 1.84. The van der Waals surface area contributed by atoms with Gasteiger partial charge in [-0.15, -0.1) is 6.58 Å². The van der Waals surface area contributed by atoms with Crippen LogP contribution in [0.25, 0.3) is 0 Å². The number of ketones is 1. The van der Waals surface area contributed by atoms with Gasteiger partial charge < -0.3 is 5.32 Å². The highest BCUT2D eigenvalue weighted by atomic mass is 35.5. The van der Waals surface area contributed by atoms with Crippen LogP contribution in [0.4, 0.5) is 5.69 Å². The number of hydrogen-bond acceptors (Lipinski definition) is 3. The fourth-order valence-corrected chi connectivity index (χ4v) is 2.10. The molecule has 19 heavy (non-hydrogen) atoms. The van der Waals surface area contributed by atoms with E-state index in [1.165, 1.54) is 12.1 Å². The van der Waals surface area contributed by atoms with E-state index in [9.17, 15) is 14.4 Å². The smallest absolute Gasteiger partial charge is 0.300 e. The quantitative estimate of drug-likeness (QED) is 0.664. The number of halogens is 1. The number of fused-ring (bicyclic) bond motifs is 1. The molecule has 0 unspecified atom stereocenters. The Kier molecular flexibility index (Phi) is 3.66. The Morgan fingerprint density at radius 2 is 2.16 bits per heavy atom. The van der Waals surface area contributed by atoms with E-state index in [2.05, 4.69) is 11.9 Å². The summed E-state index contributed by atoms with van der Waals surface area (Å²) >= 11 is 5.90. The molecule has 6 heteroatoms. The Bertz CT molecular complexity index is 583. The van der Waals surface area contributed by atoms with Gasteiger partial charge in [-0.05, 0) is 12.1 Å². The number of amides is 2. The van der Waals surface area contributed by atoms with Gasteiger partial charge >= 0.3 is 0 Å². The molecule has 98 valence electrons. The van der Waals surface area contributed by atoms with Crippen molar-refractivity contribution in [3.05, 3.63) is 41.4 Å². The van der Waals surface area contributed by atoms with E-state index in [0.29, 0.717) is 12.2 Å². The Hall–Kier alpha value is -2.14. The van der Waals surface area contributed by atoms with Gasteiger partial charge in [-0.25, -0.2) is 0 Å². The summed E-state index contributed by atoms with van der Waals surface area (Å²) in [5.74, 6) is -1.79. The van der Waals surface area contributed by atoms with E-state index in [4.69, 9.17) is 11.6 Å². The number of nitrogens with zero attached hydrogens (tertiary/aromatic N) is 1. The van der Waals surface area contributed by atoms with Crippen LogP contribution in [0.5, 0.6) is 0 Å². The highest BCUT2D eigenvalue weighted by Crippen LogP contribution is 2.33. The Morgan fingerprint density at radius 1 is 1.42 bits per heavy atom. The topological polar surface area (TPSA) is 66.5 Å². The molecule has 1 aromatic rings. The molecule has 0 radical (unpaired) electrons. The van der Waals surface area contributed by atoms with Gasteiger partial charge in [0, 0.05) is 6.54 Å². The highest BCUT2D eigenvalue weighted by Gasteiger charge is 2.38. The lowest BCUT2D eigenvalue weighted by atomic mass is 10.1. The summed E-state index contributed by atoms with van der Waals surface area (Å²) in [6, 6.07) is 4.75. The normalized spacial score (nSPS) is 13.4. The summed E-state index contributed by atoms with van der Waals surface area (Å²) in [7, 11) is 0. The average molecular weight is 279 g/mol. The zero-order valence-electron chi connectivity index (χ0n) is 9.98. The molecule has 0 saturated heterocycles. The molecule has 0 aliphatic carbocycles. The summed E-state index contributed by atoms with van der Waals surface area (Å²) in [6.45, 7) is 3.56. The van der Waals surface area contributed by atoms with Gasteiger partial charge in [0.15, 0.2) is 0 Å². The number of carbonyl (C=O) groups is 3. The van der Waals surface area contributed by atoms with Crippen molar-refractivity contribution in [2.75, 3.05) is 18.0 Å². The summed E-state index contributed by atoms with van der Waals surface area (Å²) in [5, 5.41) is 2.76. The molecule has 2 amide bonds. The molecule has 1 aromatic carbocycles. The van der Waals surface area contributed by atoms with E-state index >= 15 is 0 Å². The van der Waals surface area contributed by atoms with E-state index in [-0.39, 0.29) is 23.0 Å². The van der Waals surface area contributed by atoms with Crippen LogP contribution in [0.3, 0.4) is 0 Å². The van der Waals surface area contributed by atoms with Gasteiger partial charge in [-0.3, -0.25) is 19.3 Å². The Labute approximate surface area is 114 Å². The minimum Gasteiger partial charge on any atom is -0.351 e. The Balaban J connectivity index is 2.27. The molecule has 1 aliphatic rings. The summed E-state index contributed by atoms with van der Waals surface area (Å²) in [5.41, 5.74) is 0.530. The number of carbonyl (C=O) groups excluding carboxylic acids is 3. The van der Waals surface area contributed by atoms with Gasteiger partial charge in [0.25, 0.3) is 11.7 Å². The second-order valence-electron chi connectivity index (χ2n) is 3.95. The first-order chi connectivity index (χ1) is 9.06. The SMILES string of the molecule is C=CCNC(=O)CN1C(=O)C(=O)c2c(Cl)cccc21. The van der Waals surface area contributed by atoms with E-state index < -0.39 is 11.7 Å². The largest absolute Gasteiger partial charge is 0.351 e. The van der Waals surface area contributed by atoms with Gasteiger partial charge in [0.2, 0.25) is 5.91 Å². The third-order valence-electron chi connectivity index (χ3n) is 2.69. The van der Waals surface area contributed by atoms with Gasteiger partial charge in [0.05, 0.1) is 16.3 Å². The fraction of sp³-hybridized carbons (Fsp3) is 0.154. The molecule has 2 rings (SSSR count). The number of benzene rings is 1. The van der Waals surface area contributed by atoms with E-state index in [1.54, 1.807) is 12.1 Å². The summed E-state index contributed by atoms with van der Waals surface area (Å²) in [4.78, 5) is 36.4. The molecule has 0 spiro atoms. The van der Waals surface area contributed by atoms with Crippen LogP contribution in [0.15, 0.2) is 30.9 Å². The molecule has 1 heterocycles. The maximum atomic E-state index is 11.8. The first-order valence-electron chi connectivity index (χ1n) is 5.58. The molecular formula is C13H11ClN2O3. The molecule has 0 bridgehead atoms. The number of rotatable bonds is 4.